The first-order valence-corrected chi connectivity index (χ1v) is 10.2. The number of hydrogen-bond acceptors (Lipinski definition) is 6. The van der Waals surface area contributed by atoms with E-state index in [0.717, 1.165) is 30.0 Å². The van der Waals surface area contributed by atoms with E-state index in [1.807, 2.05) is 66.7 Å². The number of likely N-dealkylation sites (tertiary alicyclic amines) is 1. The Labute approximate surface area is 181 Å². The van der Waals surface area contributed by atoms with Crippen LogP contribution in [0.2, 0.25) is 0 Å². The van der Waals surface area contributed by atoms with Crippen molar-refractivity contribution in [3.8, 4) is 17.6 Å². The fourth-order valence-corrected chi connectivity index (χ4v) is 3.48. The fourth-order valence-electron chi connectivity index (χ4n) is 3.48. The molecule has 2 heterocycles. The summed E-state index contributed by atoms with van der Waals surface area (Å²) in [6, 6.07) is 22.6. The predicted molar refractivity (Wildman–Crippen MR) is 119 cm³/mol. The van der Waals surface area contributed by atoms with Crippen molar-refractivity contribution in [1.29, 1.82) is 5.26 Å². The molecule has 1 aliphatic heterocycles. The molecule has 156 valence electrons. The Morgan fingerprint density at radius 3 is 2.74 bits per heavy atom. The van der Waals surface area contributed by atoms with Gasteiger partial charge in [0.05, 0.1) is 12.6 Å². The molecule has 1 atom stereocenters. The summed E-state index contributed by atoms with van der Waals surface area (Å²) in [6.45, 7) is 0.794. The van der Waals surface area contributed by atoms with Gasteiger partial charge < -0.3 is 20.3 Å². The van der Waals surface area contributed by atoms with E-state index >= 15 is 0 Å². The molecule has 1 aromatic heterocycles. The van der Waals surface area contributed by atoms with Crippen LogP contribution in [-0.2, 0) is 4.79 Å². The van der Waals surface area contributed by atoms with Crippen molar-refractivity contribution < 1.29 is 9.53 Å². The first-order chi connectivity index (χ1) is 15.2. The highest BCUT2D eigenvalue weighted by molar-refractivity contribution is 5.81. The number of hydrogen-bond donors (Lipinski definition) is 2. The normalized spacial score (nSPS) is 15.2. The van der Waals surface area contributed by atoms with Gasteiger partial charge in [-0.2, -0.15) is 5.26 Å². The Bertz CT molecular complexity index is 1060. The highest BCUT2D eigenvalue weighted by atomic mass is 16.5. The number of anilines is 3. The Hall–Kier alpha value is -4.05. The number of amides is 1. The van der Waals surface area contributed by atoms with Crippen LogP contribution < -0.4 is 15.4 Å². The monoisotopic (exact) mass is 413 g/mol. The molecule has 7 nitrogen and oxygen atoms in total. The van der Waals surface area contributed by atoms with E-state index in [1.165, 1.54) is 0 Å². The zero-order chi connectivity index (χ0) is 21.5. The first-order valence-electron chi connectivity index (χ1n) is 10.2. The highest BCUT2D eigenvalue weighted by Gasteiger charge is 2.27. The topological polar surface area (TPSA) is 90.3 Å². The van der Waals surface area contributed by atoms with Gasteiger partial charge in [-0.1, -0.05) is 12.1 Å². The largest absolute Gasteiger partial charge is 0.457 e. The number of benzene rings is 2. The van der Waals surface area contributed by atoms with Gasteiger partial charge in [0.25, 0.3) is 0 Å². The molecule has 4 rings (SSSR count). The second kappa shape index (κ2) is 9.63. The van der Waals surface area contributed by atoms with Crippen LogP contribution in [0, 0.1) is 11.3 Å². The summed E-state index contributed by atoms with van der Waals surface area (Å²) in [5.41, 5.74) is 1.70. The third-order valence-corrected chi connectivity index (χ3v) is 5.03. The number of nitrogens with zero attached hydrogens (tertiary/aromatic N) is 3. The number of nitriles is 1. The van der Waals surface area contributed by atoms with Gasteiger partial charge in [0.15, 0.2) is 0 Å². The number of nitrogens with one attached hydrogen (secondary N) is 2. The minimum atomic E-state index is -0.306. The molecule has 7 heteroatoms. The molecule has 1 amide bonds. The van der Waals surface area contributed by atoms with E-state index in [1.54, 1.807) is 11.1 Å². The van der Waals surface area contributed by atoms with Crippen molar-refractivity contribution in [3.63, 3.8) is 0 Å². The van der Waals surface area contributed by atoms with Crippen molar-refractivity contribution in [2.75, 3.05) is 23.7 Å². The molecule has 2 aromatic carbocycles. The predicted octanol–water partition coefficient (Wildman–Crippen LogP) is 4.54. The molecular weight excluding hydrogens is 390 g/mol. The molecule has 0 spiro atoms. The SMILES string of the molecule is N#C[C@@H]1CCCN1C(=O)CNc1cccc(Oc2ccc(Nc3ccccn3)cc2)c1. The van der Waals surface area contributed by atoms with Gasteiger partial charge in [-0.05, 0) is 61.4 Å². The summed E-state index contributed by atoms with van der Waals surface area (Å²) >= 11 is 0. The van der Waals surface area contributed by atoms with Crippen LogP contribution in [0.4, 0.5) is 17.2 Å². The van der Waals surface area contributed by atoms with E-state index in [9.17, 15) is 4.79 Å². The van der Waals surface area contributed by atoms with E-state index in [-0.39, 0.29) is 18.5 Å². The summed E-state index contributed by atoms with van der Waals surface area (Å²) in [6.07, 6.45) is 3.37. The Morgan fingerprint density at radius 1 is 1.10 bits per heavy atom. The van der Waals surface area contributed by atoms with Crippen molar-refractivity contribution in [2.24, 2.45) is 0 Å². The summed E-state index contributed by atoms with van der Waals surface area (Å²) in [5.74, 6) is 2.08. The summed E-state index contributed by atoms with van der Waals surface area (Å²) in [7, 11) is 0. The Morgan fingerprint density at radius 2 is 1.97 bits per heavy atom. The third kappa shape index (κ3) is 5.31. The Kier molecular flexibility index (Phi) is 6.29. The van der Waals surface area contributed by atoms with Crippen LogP contribution in [0.5, 0.6) is 11.5 Å². The standard InChI is InChI=1S/C24H23N5O2/c25-16-20-6-4-14-29(20)24(30)17-27-19-5-3-7-22(15-19)31-21-11-9-18(10-12-21)28-23-8-1-2-13-26-23/h1-3,5,7-13,15,20,27H,4,6,14,17H2,(H,26,28)/t20-/m0/s1. The molecule has 0 unspecified atom stereocenters. The molecular formula is C24H23N5O2. The van der Waals surface area contributed by atoms with Crippen LogP contribution in [0.25, 0.3) is 0 Å². The van der Waals surface area contributed by atoms with Crippen molar-refractivity contribution >= 4 is 23.1 Å². The van der Waals surface area contributed by atoms with E-state index in [4.69, 9.17) is 10.00 Å². The number of carbonyl (C=O) groups is 1. The van der Waals surface area contributed by atoms with Crippen LogP contribution in [-0.4, -0.2) is 34.9 Å². The smallest absolute Gasteiger partial charge is 0.242 e. The summed E-state index contributed by atoms with van der Waals surface area (Å²) in [5, 5.41) is 15.5. The lowest BCUT2D eigenvalue weighted by atomic mass is 10.2. The van der Waals surface area contributed by atoms with Gasteiger partial charge >= 0.3 is 0 Å². The lowest BCUT2D eigenvalue weighted by Gasteiger charge is -2.20. The van der Waals surface area contributed by atoms with Crippen molar-refractivity contribution in [1.82, 2.24) is 9.88 Å². The minimum absolute atomic E-state index is 0.0635. The van der Waals surface area contributed by atoms with Gasteiger partial charge in [-0.3, -0.25) is 4.79 Å². The molecule has 2 N–H and O–H groups in total. The number of aromatic nitrogens is 1. The molecule has 1 fully saturated rings. The van der Waals surface area contributed by atoms with E-state index in [0.29, 0.717) is 18.0 Å². The zero-order valence-corrected chi connectivity index (χ0v) is 17.0. The van der Waals surface area contributed by atoms with E-state index < -0.39 is 0 Å². The second-order valence-corrected chi connectivity index (χ2v) is 7.22. The molecule has 31 heavy (non-hydrogen) atoms. The molecule has 1 saturated heterocycles. The first kappa shape index (κ1) is 20.2. The van der Waals surface area contributed by atoms with Gasteiger partial charge in [-0.15, -0.1) is 0 Å². The van der Waals surface area contributed by atoms with Gasteiger partial charge in [0.1, 0.15) is 23.4 Å². The van der Waals surface area contributed by atoms with Crippen LogP contribution in [0.1, 0.15) is 12.8 Å². The molecule has 0 aliphatic carbocycles. The molecule has 0 radical (unpaired) electrons. The second-order valence-electron chi connectivity index (χ2n) is 7.22. The average Bonchev–Trinajstić information content (AvgIpc) is 3.29. The molecule has 3 aromatic rings. The zero-order valence-electron chi connectivity index (χ0n) is 17.0. The van der Waals surface area contributed by atoms with Crippen LogP contribution in [0.15, 0.2) is 72.9 Å². The van der Waals surface area contributed by atoms with Gasteiger partial charge in [-0.25, -0.2) is 4.98 Å². The maximum Gasteiger partial charge on any atom is 0.242 e. The quantitative estimate of drug-likeness (QED) is 0.591. The van der Waals surface area contributed by atoms with Gasteiger partial charge in [0, 0.05) is 30.2 Å². The Balaban J connectivity index is 1.33. The average molecular weight is 413 g/mol. The van der Waals surface area contributed by atoms with Gasteiger partial charge in [0.2, 0.25) is 5.91 Å². The van der Waals surface area contributed by atoms with Crippen molar-refractivity contribution in [3.05, 3.63) is 72.9 Å². The lowest BCUT2D eigenvalue weighted by molar-refractivity contribution is -0.129. The highest BCUT2D eigenvalue weighted by Crippen LogP contribution is 2.26. The number of ether oxygens (including phenoxy) is 1. The molecule has 1 aliphatic rings. The summed E-state index contributed by atoms with van der Waals surface area (Å²) < 4.78 is 5.94. The number of pyridine rings is 1. The maximum atomic E-state index is 12.4. The molecule has 0 bridgehead atoms. The van der Waals surface area contributed by atoms with E-state index in [2.05, 4.69) is 21.7 Å². The fraction of sp³-hybridized carbons (Fsp3) is 0.208. The lowest BCUT2D eigenvalue weighted by Crippen LogP contribution is -2.38. The number of carbonyl (C=O) groups excluding carboxylic acids is 1. The van der Waals surface area contributed by atoms with Crippen LogP contribution >= 0.6 is 0 Å². The minimum Gasteiger partial charge on any atom is -0.457 e. The molecule has 0 saturated carbocycles. The van der Waals surface area contributed by atoms with Crippen molar-refractivity contribution in [2.45, 2.75) is 18.9 Å². The van der Waals surface area contributed by atoms with Crippen LogP contribution in [0.3, 0.4) is 0 Å². The number of rotatable bonds is 7. The third-order valence-electron chi connectivity index (χ3n) is 5.03. The summed E-state index contributed by atoms with van der Waals surface area (Å²) in [4.78, 5) is 18.3. The maximum absolute atomic E-state index is 12.4.